The Hall–Kier alpha value is -2.28. The smallest absolute Gasteiger partial charge is 0.264 e. The molecular weight excluding hydrogens is 463 g/mol. The first-order chi connectivity index (χ1) is 15.6. The SMILES string of the molecule is O=C1NC(=Nc2c(Cl)cccc2Cl)S/C1=C/c1ccc2ncn(CCC3CCCC3)c2c1. The van der Waals surface area contributed by atoms with E-state index in [1.165, 1.54) is 43.9 Å². The molecule has 0 unspecified atom stereocenters. The Morgan fingerprint density at radius 1 is 1.19 bits per heavy atom. The van der Waals surface area contributed by atoms with Crippen molar-refractivity contribution in [3.8, 4) is 0 Å². The van der Waals surface area contributed by atoms with Crippen molar-refractivity contribution in [2.45, 2.75) is 38.6 Å². The first-order valence-corrected chi connectivity index (χ1v) is 12.3. The molecule has 1 N–H and O–H groups in total. The molecule has 0 radical (unpaired) electrons. The van der Waals surface area contributed by atoms with Crippen LogP contribution in [-0.2, 0) is 11.3 Å². The third kappa shape index (κ3) is 4.58. The Kier molecular flexibility index (Phi) is 6.26. The fourth-order valence-electron chi connectivity index (χ4n) is 4.29. The van der Waals surface area contributed by atoms with Crippen molar-refractivity contribution in [3.05, 3.63) is 63.2 Å². The molecule has 0 atom stereocenters. The zero-order valence-corrected chi connectivity index (χ0v) is 19.7. The first kappa shape index (κ1) is 21.6. The third-order valence-electron chi connectivity index (χ3n) is 6.00. The predicted octanol–water partition coefficient (Wildman–Crippen LogP) is 6.82. The lowest BCUT2D eigenvalue weighted by molar-refractivity contribution is -0.115. The zero-order valence-electron chi connectivity index (χ0n) is 17.4. The number of hydrogen-bond acceptors (Lipinski definition) is 4. The highest BCUT2D eigenvalue weighted by atomic mass is 35.5. The van der Waals surface area contributed by atoms with Crippen molar-refractivity contribution in [1.29, 1.82) is 0 Å². The van der Waals surface area contributed by atoms with E-state index in [1.807, 2.05) is 24.5 Å². The molecule has 32 heavy (non-hydrogen) atoms. The van der Waals surface area contributed by atoms with Crippen LogP contribution in [0.5, 0.6) is 0 Å². The summed E-state index contributed by atoms with van der Waals surface area (Å²) in [4.78, 5) is 22.1. The Bertz CT molecular complexity index is 1220. The molecule has 2 heterocycles. The lowest BCUT2D eigenvalue weighted by atomic mass is 10.0. The van der Waals surface area contributed by atoms with E-state index in [0.717, 1.165) is 29.1 Å². The third-order valence-corrected chi connectivity index (χ3v) is 7.52. The van der Waals surface area contributed by atoms with Crippen LogP contribution >= 0.6 is 35.0 Å². The summed E-state index contributed by atoms with van der Waals surface area (Å²) in [5.41, 5.74) is 3.47. The summed E-state index contributed by atoms with van der Waals surface area (Å²) in [6.07, 6.45) is 10.4. The Balaban J connectivity index is 1.37. The standard InChI is InChI=1S/C24H22Cl2N4OS/c25-17-6-3-7-18(26)22(17)28-24-29-23(31)21(32-24)13-16-8-9-19-20(12-16)30(14-27-19)11-10-15-4-1-2-5-15/h3,6-9,12-15H,1-2,4-5,10-11H2,(H,28,29,31)/b21-13+. The van der Waals surface area contributed by atoms with Gasteiger partial charge in [0.15, 0.2) is 5.17 Å². The molecule has 5 nitrogen and oxygen atoms in total. The minimum Gasteiger partial charge on any atom is -0.331 e. The minimum absolute atomic E-state index is 0.188. The molecular formula is C24H22Cl2N4OS. The van der Waals surface area contributed by atoms with Gasteiger partial charge in [-0.1, -0.05) is 61.0 Å². The van der Waals surface area contributed by atoms with Gasteiger partial charge in [-0.05, 0) is 60.0 Å². The highest BCUT2D eigenvalue weighted by Crippen LogP contribution is 2.36. The molecule has 0 bridgehead atoms. The molecule has 164 valence electrons. The fraction of sp³-hybridized carbons (Fsp3) is 0.292. The maximum Gasteiger partial charge on any atom is 0.264 e. The molecule has 1 aliphatic heterocycles. The van der Waals surface area contributed by atoms with Crippen LogP contribution in [0.3, 0.4) is 0 Å². The molecule has 0 spiro atoms. The van der Waals surface area contributed by atoms with Crippen molar-refractivity contribution in [3.63, 3.8) is 0 Å². The van der Waals surface area contributed by atoms with Crippen LogP contribution in [-0.4, -0.2) is 20.6 Å². The second-order valence-electron chi connectivity index (χ2n) is 8.18. The normalized spacial score (nSPS) is 19.5. The molecule has 2 fully saturated rings. The highest BCUT2D eigenvalue weighted by molar-refractivity contribution is 8.18. The van der Waals surface area contributed by atoms with Gasteiger partial charge in [0.05, 0.1) is 32.3 Å². The minimum atomic E-state index is -0.188. The van der Waals surface area contributed by atoms with Gasteiger partial charge in [-0.25, -0.2) is 9.98 Å². The fourth-order valence-corrected chi connectivity index (χ4v) is 5.60. The number of amidine groups is 1. The number of hydrogen-bond donors (Lipinski definition) is 1. The maximum absolute atomic E-state index is 12.5. The van der Waals surface area contributed by atoms with Gasteiger partial charge < -0.3 is 9.88 Å². The van der Waals surface area contributed by atoms with Crippen LogP contribution in [0, 0.1) is 5.92 Å². The first-order valence-electron chi connectivity index (χ1n) is 10.8. The lowest BCUT2D eigenvalue weighted by Crippen LogP contribution is -2.19. The molecule has 1 aromatic heterocycles. The maximum atomic E-state index is 12.5. The summed E-state index contributed by atoms with van der Waals surface area (Å²) in [6.45, 7) is 0.978. The summed E-state index contributed by atoms with van der Waals surface area (Å²) >= 11 is 13.7. The molecule has 1 saturated carbocycles. The zero-order chi connectivity index (χ0) is 22.1. The number of aromatic nitrogens is 2. The summed E-state index contributed by atoms with van der Waals surface area (Å²) in [6, 6.07) is 11.3. The topological polar surface area (TPSA) is 59.3 Å². The van der Waals surface area contributed by atoms with E-state index in [9.17, 15) is 4.79 Å². The van der Waals surface area contributed by atoms with Gasteiger partial charge >= 0.3 is 0 Å². The van der Waals surface area contributed by atoms with Crippen molar-refractivity contribution < 1.29 is 4.79 Å². The number of imidazole rings is 1. The average Bonchev–Trinajstić information content (AvgIpc) is 3.50. The summed E-state index contributed by atoms with van der Waals surface area (Å²) in [5.74, 6) is 0.646. The number of amides is 1. The monoisotopic (exact) mass is 484 g/mol. The highest BCUT2D eigenvalue weighted by Gasteiger charge is 2.24. The Morgan fingerprint density at radius 2 is 1.97 bits per heavy atom. The molecule has 1 aliphatic carbocycles. The van der Waals surface area contributed by atoms with Crippen molar-refractivity contribution in [2.75, 3.05) is 0 Å². The van der Waals surface area contributed by atoms with Gasteiger partial charge in [-0.3, -0.25) is 4.79 Å². The largest absolute Gasteiger partial charge is 0.331 e. The molecule has 1 amide bonds. The number of para-hydroxylation sites is 1. The average molecular weight is 485 g/mol. The lowest BCUT2D eigenvalue weighted by Gasteiger charge is -2.10. The van der Waals surface area contributed by atoms with Crippen LogP contribution in [0.25, 0.3) is 17.1 Å². The Morgan fingerprint density at radius 3 is 2.75 bits per heavy atom. The van der Waals surface area contributed by atoms with Crippen LogP contribution in [0.4, 0.5) is 5.69 Å². The summed E-state index contributed by atoms with van der Waals surface area (Å²) in [5, 5.41) is 4.13. The van der Waals surface area contributed by atoms with Gasteiger partial charge in [0, 0.05) is 6.54 Å². The second-order valence-corrected chi connectivity index (χ2v) is 10.0. The van der Waals surface area contributed by atoms with Crippen molar-refractivity contribution >= 4 is 68.8 Å². The Labute approximate surface area is 200 Å². The molecule has 3 aromatic rings. The van der Waals surface area contributed by atoms with Crippen LogP contribution in [0.15, 0.2) is 52.6 Å². The summed E-state index contributed by atoms with van der Waals surface area (Å²) in [7, 11) is 0. The van der Waals surface area contributed by atoms with Gasteiger partial charge in [0.1, 0.15) is 5.69 Å². The number of nitrogens with zero attached hydrogens (tertiary/aromatic N) is 3. The van der Waals surface area contributed by atoms with E-state index >= 15 is 0 Å². The number of aliphatic imine (C=N–C) groups is 1. The number of rotatable bonds is 5. The quantitative estimate of drug-likeness (QED) is 0.404. The van der Waals surface area contributed by atoms with Crippen molar-refractivity contribution in [1.82, 2.24) is 14.9 Å². The predicted molar refractivity (Wildman–Crippen MR) is 134 cm³/mol. The number of aryl methyl sites for hydroxylation is 1. The van der Waals surface area contributed by atoms with E-state index in [0.29, 0.717) is 25.8 Å². The van der Waals surface area contributed by atoms with E-state index < -0.39 is 0 Å². The molecule has 2 aliphatic rings. The number of carbonyl (C=O) groups excluding carboxylic acids is 1. The van der Waals surface area contributed by atoms with E-state index in [4.69, 9.17) is 23.2 Å². The number of benzene rings is 2. The van der Waals surface area contributed by atoms with Gasteiger partial charge in [-0.2, -0.15) is 0 Å². The molecule has 2 aromatic carbocycles. The number of thioether (sulfide) groups is 1. The summed E-state index contributed by atoms with van der Waals surface area (Å²) < 4.78 is 2.23. The van der Waals surface area contributed by atoms with Gasteiger partial charge in [-0.15, -0.1) is 0 Å². The van der Waals surface area contributed by atoms with Crippen LogP contribution in [0.2, 0.25) is 10.0 Å². The van der Waals surface area contributed by atoms with Crippen LogP contribution in [0.1, 0.15) is 37.7 Å². The molecule has 5 rings (SSSR count). The molecule has 8 heteroatoms. The van der Waals surface area contributed by atoms with E-state index in [2.05, 4.69) is 25.9 Å². The molecule has 1 saturated heterocycles. The number of halogens is 2. The number of carbonyl (C=O) groups is 1. The number of nitrogens with one attached hydrogen (secondary N) is 1. The number of fused-ring (bicyclic) bond motifs is 1. The van der Waals surface area contributed by atoms with Crippen molar-refractivity contribution in [2.24, 2.45) is 10.9 Å². The van der Waals surface area contributed by atoms with E-state index in [-0.39, 0.29) is 5.91 Å². The van der Waals surface area contributed by atoms with E-state index in [1.54, 1.807) is 18.2 Å². The van der Waals surface area contributed by atoms with Gasteiger partial charge in [0.25, 0.3) is 5.91 Å². The van der Waals surface area contributed by atoms with Crippen LogP contribution < -0.4 is 5.32 Å². The second kappa shape index (κ2) is 9.30. The van der Waals surface area contributed by atoms with Gasteiger partial charge in [0.2, 0.25) is 0 Å².